The van der Waals surface area contributed by atoms with Crippen LogP contribution < -0.4 is 0 Å². The lowest BCUT2D eigenvalue weighted by Crippen LogP contribution is -2.21. The number of aliphatic hydroxyl groups is 1. The zero-order chi connectivity index (χ0) is 11.8. The zero-order valence-corrected chi connectivity index (χ0v) is 10.6. The second-order valence-corrected chi connectivity index (χ2v) is 5.01. The molecule has 0 bridgehead atoms. The maximum atomic E-state index is 10.6. The van der Waals surface area contributed by atoms with Gasteiger partial charge in [-0.25, -0.2) is 0 Å². The summed E-state index contributed by atoms with van der Waals surface area (Å²) >= 11 is 1.58. The van der Waals surface area contributed by atoms with Crippen molar-refractivity contribution in [2.24, 2.45) is 0 Å². The minimum absolute atomic E-state index is 0.819. The standard InChI is InChI=1S/C12H16N2OS/c1-4-14-8-10(7-13-14)12(3,15)11-9(2)5-6-16-11/h5-8,15H,4H2,1-3H3. The van der Waals surface area contributed by atoms with Crippen LogP contribution in [0.5, 0.6) is 0 Å². The van der Waals surface area contributed by atoms with Crippen LogP contribution in [0.1, 0.15) is 29.9 Å². The van der Waals surface area contributed by atoms with E-state index in [0.29, 0.717) is 0 Å². The highest BCUT2D eigenvalue weighted by Gasteiger charge is 2.29. The van der Waals surface area contributed by atoms with Gasteiger partial charge in [0, 0.05) is 23.2 Å². The van der Waals surface area contributed by atoms with Gasteiger partial charge in [0.2, 0.25) is 0 Å². The lowest BCUT2D eigenvalue weighted by Gasteiger charge is -2.21. The van der Waals surface area contributed by atoms with Crippen LogP contribution in [0, 0.1) is 6.92 Å². The predicted octanol–water partition coefficient (Wildman–Crippen LogP) is 2.53. The summed E-state index contributed by atoms with van der Waals surface area (Å²) in [5, 5.41) is 16.8. The van der Waals surface area contributed by atoms with Gasteiger partial charge in [-0.15, -0.1) is 11.3 Å². The third-order valence-corrected chi connectivity index (χ3v) is 4.05. The van der Waals surface area contributed by atoms with E-state index in [1.54, 1.807) is 17.5 Å². The van der Waals surface area contributed by atoms with Gasteiger partial charge in [0.05, 0.1) is 6.20 Å². The molecule has 86 valence electrons. The minimum Gasteiger partial charge on any atom is -0.380 e. The molecule has 0 aliphatic carbocycles. The Morgan fingerprint density at radius 1 is 1.56 bits per heavy atom. The largest absolute Gasteiger partial charge is 0.380 e. The van der Waals surface area contributed by atoms with Crippen LogP contribution in [-0.4, -0.2) is 14.9 Å². The SMILES string of the molecule is CCn1cc(C(C)(O)c2sccc2C)cn1. The number of nitrogens with zero attached hydrogens (tertiary/aromatic N) is 2. The summed E-state index contributed by atoms with van der Waals surface area (Å²) in [4.78, 5) is 0.989. The first-order valence-corrected chi connectivity index (χ1v) is 6.23. The van der Waals surface area contributed by atoms with E-state index in [0.717, 1.165) is 22.5 Å². The fourth-order valence-electron chi connectivity index (χ4n) is 1.79. The maximum absolute atomic E-state index is 10.6. The van der Waals surface area contributed by atoms with Crippen LogP contribution in [0.25, 0.3) is 0 Å². The Labute approximate surface area is 99.4 Å². The molecule has 0 fully saturated rings. The fraction of sp³-hybridized carbons (Fsp3) is 0.417. The molecule has 2 aromatic heterocycles. The number of rotatable bonds is 3. The topological polar surface area (TPSA) is 38.0 Å². The van der Waals surface area contributed by atoms with E-state index in [4.69, 9.17) is 0 Å². The lowest BCUT2D eigenvalue weighted by atomic mass is 9.95. The summed E-state index contributed by atoms with van der Waals surface area (Å²) in [5.74, 6) is 0. The molecule has 1 unspecified atom stereocenters. The first-order chi connectivity index (χ1) is 7.55. The molecule has 1 atom stereocenters. The molecular weight excluding hydrogens is 220 g/mol. The predicted molar refractivity (Wildman–Crippen MR) is 65.6 cm³/mol. The molecule has 0 radical (unpaired) electrons. The van der Waals surface area contributed by atoms with Gasteiger partial charge in [0.15, 0.2) is 0 Å². The van der Waals surface area contributed by atoms with E-state index in [9.17, 15) is 5.11 Å². The van der Waals surface area contributed by atoms with Crippen LogP contribution in [0.3, 0.4) is 0 Å². The van der Waals surface area contributed by atoms with Crippen molar-refractivity contribution in [2.75, 3.05) is 0 Å². The normalized spacial score (nSPS) is 15.0. The first-order valence-electron chi connectivity index (χ1n) is 5.35. The Balaban J connectivity index is 2.42. The van der Waals surface area contributed by atoms with Gasteiger partial charge in [-0.2, -0.15) is 5.10 Å². The Morgan fingerprint density at radius 3 is 2.81 bits per heavy atom. The van der Waals surface area contributed by atoms with Crippen molar-refractivity contribution >= 4 is 11.3 Å². The van der Waals surface area contributed by atoms with Gasteiger partial charge >= 0.3 is 0 Å². The lowest BCUT2D eigenvalue weighted by molar-refractivity contribution is 0.105. The summed E-state index contributed by atoms with van der Waals surface area (Å²) in [6.45, 7) is 6.69. The molecule has 2 aromatic rings. The van der Waals surface area contributed by atoms with E-state index in [2.05, 4.69) is 5.10 Å². The van der Waals surface area contributed by atoms with E-state index in [1.165, 1.54) is 0 Å². The van der Waals surface area contributed by atoms with Crippen LogP contribution in [0.15, 0.2) is 23.8 Å². The summed E-state index contributed by atoms with van der Waals surface area (Å²) in [5.41, 5.74) is 1.03. The molecule has 0 amide bonds. The number of aryl methyl sites for hydroxylation is 2. The number of thiophene rings is 1. The Hall–Kier alpha value is -1.13. The van der Waals surface area contributed by atoms with Gasteiger partial charge in [-0.05, 0) is 37.8 Å². The van der Waals surface area contributed by atoms with Crippen LogP contribution >= 0.6 is 11.3 Å². The fourth-order valence-corrected chi connectivity index (χ4v) is 2.80. The van der Waals surface area contributed by atoms with E-state index in [1.807, 2.05) is 43.1 Å². The van der Waals surface area contributed by atoms with E-state index >= 15 is 0 Å². The van der Waals surface area contributed by atoms with Crippen molar-refractivity contribution in [2.45, 2.75) is 32.9 Å². The first kappa shape index (κ1) is 11.4. The van der Waals surface area contributed by atoms with E-state index < -0.39 is 5.60 Å². The molecule has 0 saturated carbocycles. The van der Waals surface area contributed by atoms with Gasteiger partial charge in [-0.1, -0.05) is 0 Å². The van der Waals surface area contributed by atoms with Crippen LogP contribution in [0.4, 0.5) is 0 Å². The second kappa shape index (κ2) is 4.03. The zero-order valence-electron chi connectivity index (χ0n) is 9.77. The third kappa shape index (κ3) is 1.79. The van der Waals surface area contributed by atoms with E-state index in [-0.39, 0.29) is 0 Å². The number of aromatic nitrogens is 2. The van der Waals surface area contributed by atoms with Crippen molar-refractivity contribution in [3.05, 3.63) is 39.8 Å². The Morgan fingerprint density at radius 2 is 2.31 bits per heavy atom. The van der Waals surface area contributed by atoms with Gasteiger partial charge in [0.1, 0.15) is 5.60 Å². The highest BCUT2D eigenvalue weighted by Crippen LogP contribution is 2.34. The minimum atomic E-state index is -0.939. The molecule has 2 rings (SSSR count). The summed E-state index contributed by atoms with van der Waals surface area (Å²) in [6.07, 6.45) is 3.64. The molecule has 16 heavy (non-hydrogen) atoms. The van der Waals surface area contributed by atoms with Crippen molar-refractivity contribution < 1.29 is 5.11 Å². The smallest absolute Gasteiger partial charge is 0.124 e. The molecular formula is C12H16N2OS. The molecule has 4 heteroatoms. The Bertz CT molecular complexity index is 485. The molecule has 0 aliphatic rings. The van der Waals surface area contributed by atoms with Crippen molar-refractivity contribution in [1.29, 1.82) is 0 Å². The van der Waals surface area contributed by atoms with Crippen molar-refractivity contribution in [1.82, 2.24) is 9.78 Å². The van der Waals surface area contributed by atoms with Gasteiger partial charge in [0.25, 0.3) is 0 Å². The third-order valence-electron chi connectivity index (χ3n) is 2.82. The quantitative estimate of drug-likeness (QED) is 0.889. The maximum Gasteiger partial charge on any atom is 0.124 e. The molecule has 3 nitrogen and oxygen atoms in total. The van der Waals surface area contributed by atoms with Crippen LogP contribution in [0.2, 0.25) is 0 Å². The molecule has 0 spiro atoms. The second-order valence-electron chi connectivity index (χ2n) is 4.09. The molecule has 2 heterocycles. The summed E-state index contributed by atoms with van der Waals surface area (Å²) in [6, 6.07) is 2.03. The number of hydrogen-bond acceptors (Lipinski definition) is 3. The highest BCUT2D eigenvalue weighted by molar-refractivity contribution is 7.10. The van der Waals surface area contributed by atoms with Gasteiger partial charge < -0.3 is 5.11 Å². The van der Waals surface area contributed by atoms with Gasteiger partial charge in [-0.3, -0.25) is 4.68 Å². The monoisotopic (exact) mass is 236 g/mol. The average molecular weight is 236 g/mol. The summed E-state index contributed by atoms with van der Waals surface area (Å²) in [7, 11) is 0. The molecule has 0 saturated heterocycles. The molecule has 1 N–H and O–H groups in total. The Kier molecular flexibility index (Phi) is 2.86. The van der Waals surface area contributed by atoms with Crippen molar-refractivity contribution in [3.8, 4) is 0 Å². The highest BCUT2D eigenvalue weighted by atomic mass is 32.1. The van der Waals surface area contributed by atoms with Crippen LogP contribution in [-0.2, 0) is 12.1 Å². The number of hydrogen-bond donors (Lipinski definition) is 1. The molecule has 0 aliphatic heterocycles. The molecule has 0 aromatic carbocycles. The summed E-state index contributed by atoms with van der Waals surface area (Å²) < 4.78 is 1.83. The average Bonchev–Trinajstić information content (AvgIpc) is 2.85. The van der Waals surface area contributed by atoms with Crippen molar-refractivity contribution in [3.63, 3.8) is 0 Å².